The number of hydrogen-bond donors (Lipinski definition) is 2. The molecule has 0 bridgehead atoms. The van der Waals surface area contributed by atoms with E-state index in [9.17, 15) is 9.90 Å². The minimum Gasteiger partial charge on any atom is -0.481 e. The average Bonchev–Trinajstić information content (AvgIpc) is 2.34. The molecule has 1 aromatic rings. The average molecular weight is 207 g/mol. The number of thiophene rings is 1. The molecule has 0 spiro atoms. The van der Waals surface area contributed by atoms with Crippen LogP contribution in [0.2, 0.25) is 5.02 Å². The smallest absolute Gasteiger partial charge is 0.306 e. The van der Waals surface area contributed by atoms with Crippen molar-refractivity contribution in [1.82, 2.24) is 0 Å². The van der Waals surface area contributed by atoms with Crippen molar-refractivity contribution in [2.45, 2.75) is 12.5 Å². The predicted molar refractivity (Wildman–Crippen MR) is 46.5 cm³/mol. The van der Waals surface area contributed by atoms with Gasteiger partial charge in [0.25, 0.3) is 0 Å². The quantitative estimate of drug-likeness (QED) is 0.795. The molecule has 2 N–H and O–H groups in total. The van der Waals surface area contributed by atoms with Gasteiger partial charge in [0.15, 0.2) is 0 Å². The van der Waals surface area contributed by atoms with Crippen LogP contribution in [0.3, 0.4) is 0 Å². The molecule has 0 aromatic carbocycles. The number of carboxylic acids is 1. The second kappa shape index (κ2) is 3.89. The van der Waals surface area contributed by atoms with Gasteiger partial charge in [0, 0.05) is 10.3 Å². The van der Waals surface area contributed by atoms with Gasteiger partial charge in [-0.2, -0.15) is 0 Å². The van der Waals surface area contributed by atoms with E-state index in [2.05, 4.69) is 0 Å². The molecule has 0 saturated heterocycles. The Morgan fingerprint density at radius 1 is 1.75 bits per heavy atom. The van der Waals surface area contributed by atoms with Crippen LogP contribution < -0.4 is 0 Å². The van der Waals surface area contributed by atoms with Gasteiger partial charge >= 0.3 is 5.97 Å². The summed E-state index contributed by atoms with van der Waals surface area (Å²) in [6.07, 6.45) is -1.23. The number of halogens is 1. The van der Waals surface area contributed by atoms with Gasteiger partial charge in [-0.25, -0.2) is 0 Å². The number of carboxylic acid groups (broad SMARTS) is 1. The van der Waals surface area contributed by atoms with E-state index < -0.39 is 12.1 Å². The standard InChI is InChI=1S/C7H7ClO3S/c8-4-1-6(12-3-4)5(9)2-7(10)11/h1,3,5,9H,2H2,(H,10,11)/t5-/m0/s1. The SMILES string of the molecule is O=C(O)C[C@H](O)c1cc(Cl)cs1. The van der Waals surface area contributed by atoms with Crippen LogP contribution in [0.5, 0.6) is 0 Å². The Hall–Kier alpha value is -0.580. The second-order valence-corrected chi connectivity index (χ2v) is 3.66. The molecule has 0 aliphatic carbocycles. The Kier molecular flexibility index (Phi) is 3.08. The molecule has 66 valence electrons. The number of hydrogen-bond acceptors (Lipinski definition) is 3. The topological polar surface area (TPSA) is 57.5 Å². The van der Waals surface area contributed by atoms with Crippen molar-refractivity contribution in [2.75, 3.05) is 0 Å². The molecule has 1 atom stereocenters. The van der Waals surface area contributed by atoms with Crippen molar-refractivity contribution < 1.29 is 15.0 Å². The number of carbonyl (C=O) groups is 1. The summed E-state index contributed by atoms with van der Waals surface area (Å²) in [5.74, 6) is -1.02. The molecule has 1 heterocycles. The first-order valence-corrected chi connectivity index (χ1v) is 4.49. The minimum atomic E-state index is -1.02. The van der Waals surface area contributed by atoms with Crippen molar-refractivity contribution in [1.29, 1.82) is 0 Å². The first kappa shape index (κ1) is 9.51. The Bertz CT molecular complexity index is 284. The van der Waals surface area contributed by atoms with Crippen LogP contribution in [-0.4, -0.2) is 16.2 Å². The third kappa shape index (κ3) is 2.48. The van der Waals surface area contributed by atoms with Crippen molar-refractivity contribution in [3.8, 4) is 0 Å². The largest absolute Gasteiger partial charge is 0.481 e. The molecule has 0 aliphatic heterocycles. The van der Waals surface area contributed by atoms with E-state index in [1.165, 1.54) is 11.3 Å². The zero-order valence-corrected chi connectivity index (χ0v) is 7.60. The molecular formula is C7H7ClO3S. The molecule has 12 heavy (non-hydrogen) atoms. The zero-order valence-electron chi connectivity index (χ0n) is 6.03. The summed E-state index contributed by atoms with van der Waals surface area (Å²) in [5, 5.41) is 19.8. The fourth-order valence-corrected chi connectivity index (χ4v) is 1.84. The Labute approximate surface area is 78.2 Å². The van der Waals surface area contributed by atoms with Gasteiger partial charge in [0.2, 0.25) is 0 Å². The van der Waals surface area contributed by atoms with E-state index in [1.807, 2.05) is 0 Å². The van der Waals surface area contributed by atoms with E-state index >= 15 is 0 Å². The lowest BCUT2D eigenvalue weighted by atomic mass is 10.2. The Balaban J connectivity index is 2.64. The van der Waals surface area contributed by atoms with Gasteiger partial charge in [-0.1, -0.05) is 11.6 Å². The molecule has 0 aliphatic rings. The summed E-state index contributed by atoms with van der Waals surface area (Å²) in [6.45, 7) is 0. The maximum atomic E-state index is 10.2. The van der Waals surface area contributed by atoms with Crippen molar-refractivity contribution in [3.63, 3.8) is 0 Å². The third-order valence-corrected chi connectivity index (χ3v) is 2.67. The highest BCUT2D eigenvalue weighted by Gasteiger charge is 2.13. The highest BCUT2D eigenvalue weighted by atomic mass is 35.5. The van der Waals surface area contributed by atoms with E-state index in [-0.39, 0.29) is 6.42 Å². The van der Waals surface area contributed by atoms with E-state index in [0.717, 1.165) is 0 Å². The maximum Gasteiger partial charge on any atom is 0.306 e. The fraction of sp³-hybridized carbons (Fsp3) is 0.286. The van der Waals surface area contributed by atoms with Gasteiger partial charge in [-0.3, -0.25) is 4.79 Å². The van der Waals surface area contributed by atoms with Gasteiger partial charge < -0.3 is 10.2 Å². The van der Waals surface area contributed by atoms with E-state index in [0.29, 0.717) is 9.90 Å². The van der Waals surface area contributed by atoms with Crippen molar-refractivity contribution in [2.24, 2.45) is 0 Å². The second-order valence-electron chi connectivity index (χ2n) is 2.28. The molecule has 0 saturated carbocycles. The molecule has 0 unspecified atom stereocenters. The number of aliphatic hydroxyl groups excluding tert-OH is 1. The lowest BCUT2D eigenvalue weighted by Gasteiger charge is -2.02. The molecule has 1 aromatic heterocycles. The third-order valence-electron chi connectivity index (χ3n) is 1.28. The Morgan fingerprint density at radius 2 is 2.42 bits per heavy atom. The summed E-state index contributed by atoms with van der Waals surface area (Å²) in [7, 11) is 0. The van der Waals surface area contributed by atoms with Crippen LogP contribution in [0.15, 0.2) is 11.4 Å². The zero-order chi connectivity index (χ0) is 9.14. The van der Waals surface area contributed by atoms with Crippen LogP contribution >= 0.6 is 22.9 Å². The normalized spacial score (nSPS) is 12.8. The van der Waals surface area contributed by atoms with Gasteiger partial charge in [-0.05, 0) is 6.07 Å². The van der Waals surface area contributed by atoms with E-state index in [1.54, 1.807) is 11.4 Å². The first-order chi connectivity index (χ1) is 5.59. The summed E-state index contributed by atoms with van der Waals surface area (Å²) in [4.78, 5) is 10.8. The van der Waals surface area contributed by atoms with Gasteiger partial charge in [0.05, 0.1) is 17.5 Å². The van der Waals surface area contributed by atoms with Crippen molar-refractivity contribution >= 4 is 28.9 Å². The maximum absolute atomic E-state index is 10.2. The fourth-order valence-electron chi connectivity index (χ4n) is 0.769. The summed E-state index contributed by atoms with van der Waals surface area (Å²) in [6, 6.07) is 1.57. The number of aliphatic hydroxyl groups is 1. The van der Waals surface area contributed by atoms with Gasteiger partial charge in [0.1, 0.15) is 0 Å². The van der Waals surface area contributed by atoms with Crippen LogP contribution in [0, 0.1) is 0 Å². The molecule has 0 amide bonds. The van der Waals surface area contributed by atoms with Crippen LogP contribution in [0.1, 0.15) is 17.4 Å². The molecule has 3 nitrogen and oxygen atoms in total. The van der Waals surface area contributed by atoms with Crippen LogP contribution in [0.25, 0.3) is 0 Å². The number of aliphatic carboxylic acids is 1. The van der Waals surface area contributed by atoms with Gasteiger partial charge in [-0.15, -0.1) is 11.3 Å². The van der Waals surface area contributed by atoms with Crippen molar-refractivity contribution in [3.05, 3.63) is 21.3 Å². The molecule has 1 rings (SSSR count). The number of rotatable bonds is 3. The minimum absolute atomic E-state index is 0.281. The highest BCUT2D eigenvalue weighted by molar-refractivity contribution is 7.10. The molecule has 0 fully saturated rings. The predicted octanol–water partition coefficient (Wildman–Crippen LogP) is 1.91. The Morgan fingerprint density at radius 3 is 2.83 bits per heavy atom. The molecular weight excluding hydrogens is 200 g/mol. The van der Waals surface area contributed by atoms with E-state index in [4.69, 9.17) is 16.7 Å². The lowest BCUT2D eigenvalue weighted by molar-refractivity contribution is -0.139. The van der Waals surface area contributed by atoms with Crippen LogP contribution in [-0.2, 0) is 4.79 Å². The summed E-state index contributed by atoms with van der Waals surface area (Å²) in [5.41, 5.74) is 0. The lowest BCUT2D eigenvalue weighted by Crippen LogP contribution is -2.03. The summed E-state index contributed by atoms with van der Waals surface area (Å²) >= 11 is 6.85. The van der Waals surface area contributed by atoms with Crippen LogP contribution in [0.4, 0.5) is 0 Å². The molecule has 0 radical (unpaired) electrons. The highest BCUT2D eigenvalue weighted by Crippen LogP contribution is 2.26. The first-order valence-electron chi connectivity index (χ1n) is 3.23. The monoisotopic (exact) mass is 206 g/mol. The summed E-state index contributed by atoms with van der Waals surface area (Å²) < 4.78 is 0. The molecule has 5 heteroatoms.